The monoisotopic (exact) mass is 310 g/mol. The summed E-state index contributed by atoms with van der Waals surface area (Å²) >= 11 is 0. The first-order valence-electron chi connectivity index (χ1n) is 6.30. The number of primary sulfonamides is 1. The van der Waals surface area contributed by atoms with Gasteiger partial charge in [-0.2, -0.15) is 0 Å². The molecule has 5 N–H and O–H groups in total. The van der Waals surface area contributed by atoms with E-state index >= 15 is 0 Å². The molecule has 0 bridgehead atoms. The fraction of sp³-hybridized carbons (Fsp3) is 0.308. The maximum atomic E-state index is 11.6. The van der Waals surface area contributed by atoms with Gasteiger partial charge >= 0.3 is 0 Å². The Morgan fingerprint density at radius 3 is 2.52 bits per heavy atom. The highest BCUT2D eigenvalue weighted by Crippen LogP contribution is 2.29. The van der Waals surface area contributed by atoms with Crippen molar-refractivity contribution < 1.29 is 12.8 Å². The molecule has 1 aromatic heterocycles. The van der Waals surface area contributed by atoms with Gasteiger partial charge in [0.05, 0.1) is 11.1 Å². The summed E-state index contributed by atoms with van der Waals surface area (Å²) in [6, 6.07) is 2.75. The Morgan fingerprint density at radius 1 is 1.33 bits per heavy atom. The van der Waals surface area contributed by atoms with Crippen LogP contribution in [0.1, 0.15) is 30.2 Å². The number of sulfonamides is 1. The number of aryl methyl sites for hydroxylation is 1. The van der Waals surface area contributed by atoms with Crippen molar-refractivity contribution in [2.24, 2.45) is 5.14 Å². The molecule has 0 radical (unpaired) electrons. The molecule has 7 nitrogen and oxygen atoms in total. The average molecular weight is 310 g/mol. The molecular weight excluding hydrogens is 292 g/mol. The minimum Gasteiger partial charge on any atom is -0.444 e. The molecule has 114 valence electrons. The minimum absolute atomic E-state index is 0.000727. The number of nitrogens with zero attached hydrogens (tertiary/aromatic N) is 1. The van der Waals surface area contributed by atoms with Gasteiger partial charge < -0.3 is 15.5 Å². The second kappa shape index (κ2) is 5.38. The molecule has 2 aromatic rings. The Morgan fingerprint density at radius 2 is 2.00 bits per heavy atom. The van der Waals surface area contributed by atoms with Crippen molar-refractivity contribution in [1.82, 2.24) is 4.98 Å². The van der Waals surface area contributed by atoms with E-state index in [0.29, 0.717) is 28.6 Å². The lowest BCUT2D eigenvalue weighted by atomic mass is 10.1. The zero-order chi connectivity index (χ0) is 15.8. The van der Waals surface area contributed by atoms with Crippen LogP contribution in [0.5, 0.6) is 0 Å². The van der Waals surface area contributed by atoms with Gasteiger partial charge in [0.15, 0.2) is 0 Å². The predicted octanol–water partition coefficient (Wildman–Crippen LogP) is 1.69. The van der Waals surface area contributed by atoms with Crippen LogP contribution in [0.15, 0.2) is 27.6 Å². The summed E-state index contributed by atoms with van der Waals surface area (Å²) < 4.78 is 28.6. The van der Waals surface area contributed by atoms with E-state index in [-0.39, 0.29) is 10.9 Å². The van der Waals surface area contributed by atoms with Crippen LogP contribution in [0.25, 0.3) is 0 Å². The first-order valence-corrected chi connectivity index (χ1v) is 7.85. The Hall–Kier alpha value is -2.06. The number of anilines is 2. The number of hydrogen-bond acceptors (Lipinski definition) is 6. The van der Waals surface area contributed by atoms with Gasteiger partial charge in [0.25, 0.3) is 0 Å². The summed E-state index contributed by atoms with van der Waals surface area (Å²) in [4.78, 5) is 4.13. The highest BCUT2D eigenvalue weighted by Gasteiger charge is 2.18. The minimum atomic E-state index is -3.83. The van der Waals surface area contributed by atoms with Crippen molar-refractivity contribution in [3.63, 3.8) is 0 Å². The maximum absolute atomic E-state index is 11.6. The van der Waals surface area contributed by atoms with E-state index in [4.69, 9.17) is 15.3 Å². The quantitative estimate of drug-likeness (QED) is 0.738. The normalized spacial score (nSPS) is 13.1. The third-order valence-corrected chi connectivity index (χ3v) is 4.11. The van der Waals surface area contributed by atoms with Gasteiger partial charge in [-0.3, -0.25) is 0 Å². The summed E-state index contributed by atoms with van der Waals surface area (Å²) in [5, 5.41) is 8.34. The van der Waals surface area contributed by atoms with E-state index in [0.717, 1.165) is 0 Å². The molecule has 0 aliphatic heterocycles. The number of oxazole rings is 1. The van der Waals surface area contributed by atoms with Gasteiger partial charge in [-0.1, -0.05) is 0 Å². The Balaban J connectivity index is 2.39. The van der Waals surface area contributed by atoms with E-state index in [9.17, 15) is 8.42 Å². The van der Waals surface area contributed by atoms with Gasteiger partial charge in [0.1, 0.15) is 11.8 Å². The van der Waals surface area contributed by atoms with Crippen LogP contribution >= 0.6 is 0 Å². The van der Waals surface area contributed by atoms with Crippen LogP contribution in [0.3, 0.4) is 0 Å². The van der Waals surface area contributed by atoms with Crippen molar-refractivity contribution in [1.29, 1.82) is 0 Å². The van der Waals surface area contributed by atoms with E-state index in [1.807, 2.05) is 6.92 Å². The average Bonchev–Trinajstić information content (AvgIpc) is 2.78. The van der Waals surface area contributed by atoms with Crippen LogP contribution in [0, 0.1) is 13.8 Å². The third kappa shape index (κ3) is 3.34. The zero-order valence-electron chi connectivity index (χ0n) is 12.0. The molecule has 0 aliphatic carbocycles. The lowest BCUT2D eigenvalue weighted by Gasteiger charge is -2.17. The van der Waals surface area contributed by atoms with Gasteiger partial charge in [0, 0.05) is 11.4 Å². The molecule has 1 heterocycles. The number of aromatic nitrogens is 1. The smallest absolute Gasteiger partial charge is 0.238 e. The van der Waals surface area contributed by atoms with Gasteiger partial charge in [-0.15, -0.1) is 0 Å². The molecule has 0 saturated carbocycles. The molecule has 1 aromatic carbocycles. The lowest BCUT2D eigenvalue weighted by Crippen LogP contribution is -2.16. The molecular formula is C13H18N4O3S. The van der Waals surface area contributed by atoms with Crippen molar-refractivity contribution >= 4 is 21.4 Å². The molecule has 0 aliphatic rings. The summed E-state index contributed by atoms with van der Waals surface area (Å²) in [7, 11) is -3.83. The summed E-state index contributed by atoms with van der Waals surface area (Å²) in [6.45, 7) is 5.31. The lowest BCUT2D eigenvalue weighted by molar-refractivity contribution is 0.453. The van der Waals surface area contributed by atoms with E-state index in [1.54, 1.807) is 26.1 Å². The largest absolute Gasteiger partial charge is 0.444 e. The molecule has 0 spiro atoms. The Labute approximate surface area is 123 Å². The standard InChI is InChI=1S/C13H18N4O3S/c1-7-6-16-13(20-7)9(3)17-11-4-10(14)5-12(8(11)2)21(15,18)19/h4-6,9,17H,14H2,1-3H3,(H2,15,18,19). The zero-order valence-corrected chi connectivity index (χ0v) is 12.9. The number of nitrogen functional groups attached to an aromatic ring is 1. The number of nitrogens with one attached hydrogen (secondary N) is 1. The van der Waals surface area contributed by atoms with Crippen LogP contribution in [0.2, 0.25) is 0 Å². The van der Waals surface area contributed by atoms with Crippen molar-refractivity contribution in [2.75, 3.05) is 11.1 Å². The predicted molar refractivity (Wildman–Crippen MR) is 80.2 cm³/mol. The highest BCUT2D eigenvalue weighted by molar-refractivity contribution is 7.89. The maximum Gasteiger partial charge on any atom is 0.238 e. The summed E-state index contributed by atoms with van der Waals surface area (Å²) in [5.41, 5.74) is 7.13. The van der Waals surface area contributed by atoms with Crippen LogP contribution in [-0.2, 0) is 10.0 Å². The van der Waals surface area contributed by atoms with Crippen LogP contribution < -0.4 is 16.2 Å². The number of benzene rings is 1. The van der Waals surface area contributed by atoms with E-state index < -0.39 is 10.0 Å². The summed E-state index contributed by atoms with van der Waals surface area (Å²) in [5.74, 6) is 1.21. The number of nitrogens with two attached hydrogens (primary N) is 2. The molecule has 0 amide bonds. The van der Waals surface area contributed by atoms with Crippen LogP contribution in [0.4, 0.5) is 11.4 Å². The second-order valence-electron chi connectivity index (χ2n) is 4.91. The van der Waals surface area contributed by atoms with E-state index in [1.165, 1.54) is 6.07 Å². The SMILES string of the molecule is Cc1cnc(C(C)Nc2cc(N)cc(S(N)(=O)=O)c2C)o1. The van der Waals surface area contributed by atoms with Gasteiger partial charge in [-0.05, 0) is 38.5 Å². The molecule has 0 fully saturated rings. The van der Waals surface area contributed by atoms with Crippen LogP contribution in [-0.4, -0.2) is 13.4 Å². The molecule has 1 atom stereocenters. The number of hydrogen-bond donors (Lipinski definition) is 3. The Kier molecular flexibility index (Phi) is 3.93. The first kappa shape index (κ1) is 15.3. The fourth-order valence-electron chi connectivity index (χ4n) is 2.02. The summed E-state index contributed by atoms with van der Waals surface area (Å²) in [6.07, 6.45) is 1.62. The third-order valence-electron chi connectivity index (χ3n) is 3.07. The number of rotatable bonds is 4. The Bertz CT molecular complexity index is 768. The molecule has 2 rings (SSSR count). The topological polar surface area (TPSA) is 124 Å². The first-order chi connectivity index (χ1) is 9.68. The van der Waals surface area contributed by atoms with Gasteiger partial charge in [-0.25, -0.2) is 18.5 Å². The van der Waals surface area contributed by atoms with Crippen molar-refractivity contribution in [2.45, 2.75) is 31.7 Å². The van der Waals surface area contributed by atoms with Gasteiger partial charge in [0.2, 0.25) is 15.9 Å². The van der Waals surface area contributed by atoms with E-state index in [2.05, 4.69) is 10.3 Å². The molecule has 0 saturated heterocycles. The fourth-order valence-corrected chi connectivity index (χ4v) is 2.86. The second-order valence-corrected chi connectivity index (χ2v) is 6.44. The molecule has 1 unspecified atom stereocenters. The molecule has 8 heteroatoms. The molecule has 21 heavy (non-hydrogen) atoms. The highest BCUT2D eigenvalue weighted by atomic mass is 32.2. The van der Waals surface area contributed by atoms with Crippen molar-refractivity contribution in [3.05, 3.63) is 35.5 Å². The van der Waals surface area contributed by atoms with Crippen molar-refractivity contribution in [3.8, 4) is 0 Å².